The van der Waals surface area contributed by atoms with E-state index in [1.807, 2.05) is 22.9 Å². The Morgan fingerprint density at radius 2 is 1.90 bits per heavy atom. The lowest BCUT2D eigenvalue weighted by Crippen LogP contribution is -2.04. The Balaban J connectivity index is 2.09. The van der Waals surface area contributed by atoms with Gasteiger partial charge in [0.1, 0.15) is 5.69 Å². The fourth-order valence-corrected chi connectivity index (χ4v) is 2.28. The predicted molar refractivity (Wildman–Crippen MR) is 87.4 cm³/mol. The van der Waals surface area contributed by atoms with E-state index >= 15 is 0 Å². The molecule has 0 bridgehead atoms. The maximum atomic E-state index is 5.76. The monoisotopic (exact) mass is 284 g/mol. The van der Waals surface area contributed by atoms with E-state index in [4.69, 9.17) is 5.73 Å². The summed E-state index contributed by atoms with van der Waals surface area (Å²) in [4.78, 5) is 0. The van der Waals surface area contributed by atoms with Crippen molar-refractivity contribution in [3.63, 3.8) is 0 Å². The standard InChI is InChI=1S/C17H24N4/c1-2-3-4-8-13-21-17(16(14-18)19-20-21)12-11-15-9-6-5-7-10-15/h5-7,9-12H,2-4,8,13-14,18H2,1H3/b12-11+. The second-order valence-corrected chi connectivity index (χ2v) is 5.15. The van der Waals surface area contributed by atoms with Crippen LogP contribution in [0.2, 0.25) is 0 Å². The fourth-order valence-electron chi connectivity index (χ4n) is 2.28. The van der Waals surface area contributed by atoms with Crippen LogP contribution in [0.4, 0.5) is 0 Å². The Morgan fingerprint density at radius 1 is 1.10 bits per heavy atom. The van der Waals surface area contributed by atoms with Crippen molar-refractivity contribution in [3.05, 3.63) is 47.3 Å². The van der Waals surface area contributed by atoms with Crippen molar-refractivity contribution in [2.45, 2.75) is 45.7 Å². The van der Waals surface area contributed by atoms with Crippen molar-refractivity contribution in [2.75, 3.05) is 0 Å². The molecule has 0 radical (unpaired) electrons. The first-order valence-corrected chi connectivity index (χ1v) is 7.70. The first kappa shape index (κ1) is 15.4. The summed E-state index contributed by atoms with van der Waals surface area (Å²) in [5, 5.41) is 8.41. The third-order valence-corrected chi connectivity index (χ3v) is 3.50. The molecule has 2 rings (SSSR count). The molecule has 21 heavy (non-hydrogen) atoms. The highest BCUT2D eigenvalue weighted by molar-refractivity contribution is 5.68. The number of rotatable bonds is 8. The summed E-state index contributed by atoms with van der Waals surface area (Å²) >= 11 is 0. The minimum atomic E-state index is 0.420. The summed E-state index contributed by atoms with van der Waals surface area (Å²) in [6.45, 7) is 3.54. The number of benzene rings is 1. The SMILES string of the molecule is CCCCCCn1nnc(CN)c1/C=C/c1ccccc1. The van der Waals surface area contributed by atoms with E-state index in [0.29, 0.717) is 6.54 Å². The smallest absolute Gasteiger partial charge is 0.104 e. The summed E-state index contributed by atoms with van der Waals surface area (Å²) in [5.41, 5.74) is 8.81. The maximum absolute atomic E-state index is 5.76. The van der Waals surface area contributed by atoms with Gasteiger partial charge in [0.15, 0.2) is 0 Å². The average Bonchev–Trinajstić information content (AvgIpc) is 2.92. The third kappa shape index (κ3) is 4.53. The van der Waals surface area contributed by atoms with Crippen LogP contribution in [0.3, 0.4) is 0 Å². The molecule has 4 nitrogen and oxygen atoms in total. The topological polar surface area (TPSA) is 56.7 Å². The van der Waals surface area contributed by atoms with Crippen LogP contribution in [-0.2, 0) is 13.1 Å². The molecule has 0 saturated carbocycles. The zero-order valence-corrected chi connectivity index (χ0v) is 12.7. The minimum absolute atomic E-state index is 0.420. The lowest BCUT2D eigenvalue weighted by molar-refractivity contribution is 0.525. The fraction of sp³-hybridized carbons (Fsp3) is 0.412. The van der Waals surface area contributed by atoms with Crippen molar-refractivity contribution >= 4 is 12.2 Å². The first-order valence-electron chi connectivity index (χ1n) is 7.70. The quantitative estimate of drug-likeness (QED) is 0.755. The highest BCUT2D eigenvalue weighted by Crippen LogP contribution is 2.12. The van der Waals surface area contributed by atoms with Gasteiger partial charge in [0.2, 0.25) is 0 Å². The molecule has 0 amide bonds. The Hall–Kier alpha value is -1.94. The molecule has 1 aromatic carbocycles. The van der Waals surface area contributed by atoms with E-state index in [0.717, 1.165) is 24.4 Å². The van der Waals surface area contributed by atoms with Crippen LogP contribution >= 0.6 is 0 Å². The molecular formula is C17H24N4. The van der Waals surface area contributed by atoms with Gasteiger partial charge in [-0.2, -0.15) is 0 Å². The van der Waals surface area contributed by atoms with Gasteiger partial charge in [0.25, 0.3) is 0 Å². The Kier molecular flexibility index (Phi) is 6.16. The number of hydrogen-bond acceptors (Lipinski definition) is 3. The van der Waals surface area contributed by atoms with Crippen LogP contribution in [0.15, 0.2) is 30.3 Å². The molecule has 0 fully saturated rings. The molecule has 2 N–H and O–H groups in total. The second-order valence-electron chi connectivity index (χ2n) is 5.15. The van der Waals surface area contributed by atoms with Crippen molar-refractivity contribution in [1.82, 2.24) is 15.0 Å². The predicted octanol–water partition coefficient (Wildman–Crippen LogP) is 3.49. The lowest BCUT2D eigenvalue weighted by atomic mass is 10.2. The van der Waals surface area contributed by atoms with Gasteiger partial charge in [-0.05, 0) is 18.1 Å². The van der Waals surface area contributed by atoms with Gasteiger partial charge < -0.3 is 5.73 Å². The van der Waals surface area contributed by atoms with Gasteiger partial charge in [-0.15, -0.1) is 5.10 Å². The maximum Gasteiger partial charge on any atom is 0.104 e. The van der Waals surface area contributed by atoms with Crippen LogP contribution in [0.25, 0.3) is 12.2 Å². The number of aryl methyl sites for hydroxylation is 1. The van der Waals surface area contributed by atoms with Crippen molar-refractivity contribution in [2.24, 2.45) is 5.73 Å². The minimum Gasteiger partial charge on any atom is -0.325 e. The van der Waals surface area contributed by atoms with E-state index in [9.17, 15) is 0 Å². The van der Waals surface area contributed by atoms with Crippen LogP contribution in [0, 0.1) is 0 Å². The van der Waals surface area contributed by atoms with E-state index in [1.54, 1.807) is 0 Å². The average molecular weight is 284 g/mol. The molecule has 1 aromatic heterocycles. The van der Waals surface area contributed by atoms with Crippen LogP contribution in [-0.4, -0.2) is 15.0 Å². The summed E-state index contributed by atoms with van der Waals surface area (Å²) in [5.74, 6) is 0. The summed E-state index contributed by atoms with van der Waals surface area (Å²) < 4.78 is 1.97. The lowest BCUT2D eigenvalue weighted by Gasteiger charge is -2.04. The summed E-state index contributed by atoms with van der Waals surface area (Å²) in [6, 6.07) is 10.2. The molecule has 1 heterocycles. The van der Waals surface area contributed by atoms with Crippen LogP contribution in [0.1, 0.15) is 49.6 Å². The van der Waals surface area contributed by atoms with Gasteiger partial charge in [0.05, 0.1) is 5.69 Å². The van der Waals surface area contributed by atoms with E-state index < -0.39 is 0 Å². The molecule has 0 aliphatic heterocycles. The molecule has 0 saturated heterocycles. The van der Waals surface area contributed by atoms with Gasteiger partial charge in [-0.3, -0.25) is 0 Å². The molecular weight excluding hydrogens is 260 g/mol. The summed E-state index contributed by atoms with van der Waals surface area (Å²) in [7, 11) is 0. The zero-order valence-electron chi connectivity index (χ0n) is 12.7. The zero-order chi connectivity index (χ0) is 14.9. The molecule has 0 unspecified atom stereocenters. The number of aromatic nitrogens is 3. The molecule has 2 aromatic rings. The van der Waals surface area contributed by atoms with Gasteiger partial charge in [0, 0.05) is 13.1 Å². The largest absolute Gasteiger partial charge is 0.325 e. The van der Waals surface area contributed by atoms with Crippen molar-refractivity contribution in [3.8, 4) is 0 Å². The van der Waals surface area contributed by atoms with Gasteiger partial charge >= 0.3 is 0 Å². The van der Waals surface area contributed by atoms with E-state index in [-0.39, 0.29) is 0 Å². The Bertz CT molecular complexity index is 557. The molecule has 4 heteroatoms. The summed E-state index contributed by atoms with van der Waals surface area (Å²) in [6.07, 6.45) is 9.03. The Labute approximate surface area is 126 Å². The number of unbranched alkanes of at least 4 members (excludes halogenated alkanes) is 3. The van der Waals surface area contributed by atoms with E-state index in [1.165, 1.54) is 24.8 Å². The normalized spacial score (nSPS) is 11.3. The molecule has 0 spiro atoms. The van der Waals surface area contributed by atoms with Crippen LogP contribution < -0.4 is 5.73 Å². The van der Waals surface area contributed by atoms with E-state index in [2.05, 4.69) is 41.5 Å². The number of nitrogens with two attached hydrogens (primary N) is 1. The highest BCUT2D eigenvalue weighted by atomic mass is 15.4. The molecule has 0 atom stereocenters. The highest BCUT2D eigenvalue weighted by Gasteiger charge is 2.08. The number of hydrogen-bond donors (Lipinski definition) is 1. The first-order chi connectivity index (χ1) is 10.3. The second kappa shape index (κ2) is 8.37. The molecule has 0 aliphatic carbocycles. The Morgan fingerprint density at radius 3 is 2.62 bits per heavy atom. The van der Waals surface area contributed by atoms with Crippen molar-refractivity contribution in [1.29, 1.82) is 0 Å². The third-order valence-electron chi connectivity index (χ3n) is 3.50. The molecule has 0 aliphatic rings. The van der Waals surface area contributed by atoms with Gasteiger partial charge in [-0.25, -0.2) is 4.68 Å². The van der Waals surface area contributed by atoms with Crippen LogP contribution in [0.5, 0.6) is 0 Å². The van der Waals surface area contributed by atoms with Gasteiger partial charge in [-0.1, -0.05) is 67.8 Å². The number of nitrogens with zero attached hydrogens (tertiary/aromatic N) is 3. The molecule has 112 valence electrons. The van der Waals surface area contributed by atoms with Crippen molar-refractivity contribution < 1.29 is 0 Å².